The molecule has 0 radical (unpaired) electrons. The van der Waals surface area contributed by atoms with E-state index in [1.807, 2.05) is 13.1 Å². The minimum atomic E-state index is -1.01. The molecule has 102 valence electrons. The van der Waals surface area contributed by atoms with E-state index in [1.165, 1.54) is 17.4 Å². The number of aromatic nitrogens is 2. The van der Waals surface area contributed by atoms with Crippen molar-refractivity contribution in [1.29, 1.82) is 0 Å². The Morgan fingerprint density at radius 1 is 1.30 bits per heavy atom. The van der Waals surface area contributed by atoms with Crippen LogP contribution in [0.1, 0.15) is 15.4 Å². The first kappa shape index (κ1) is 12.7. The van der Waals surface area contributed by atoms with Crippen molar-refractivity contribution >= 4 is 27.9 Å². The third-order valence-electron chi connectivity index (χ3n) is 2.68. The number of anilines is 1. The molecule has 0 aliphatic carbocycles. The summed E-state index contributed by atoms with van der Waals surface area (Å²) in [6, 6.07) is 3.18. The third kappa shape index (κ3) is 2.27. The zero-order valence-electron chi connectivity index (χ0n) is 10.4. The van der Waals surface area contributed by atoms with Crippen molar-refractivity contribution in [3.05, 3.63) is 52.8 Å². The second-order valence-electron chi connectivity index (χ2n) is 4.24. The zero-order chi connectivity index (χ0) is 14.3. The van der Waals surface area contributed by atoms with Gasteiger partial charge in [0.15, 0.2) is 16.6 Å². The first-order valence-corrected chi connectivity index (χ1v) is 6.56. The van der Waals surface area contributed by atoms with Gasteiger partial charge in [0.05, 0.1) is 0 Å². The van der Waals surface area contributed by atoms with Crippen LogP contribution in [0.3, 0.4) is 0 Å². The number of benzene rings is 1. The lowest BCUT2D eigenvalue weighted by Crippen LogP contribution is -2.12. The van der Waals surface area contributed by atoms with Crippen LogP contribution in [0.15, 0.2) is 30.6 Å². The second kappa shape index (κ2) is 4.68. The Hall–Kier alpha value is -2.28. The van der Waals surface area contributed by atoms with E-state index >= 15 is 0 Å². The molecule has 2 aromatic heterocycles. The Labute approximate surface area is 116 Å². The first-order chi connectivity index (χ1) is 9.52. The van der Waals surface area contributed by atoms with Gasteiger partial charge in [-0.1, -0.05) is 0 Å². The molecular weight excluding hydrogens is 284 g/mol. The van der Waals surface area contributed by atoms with E-state index in [4.69, 9.17) is 0 Å². The second-order valence-corrected chi connectivity index (χ2v) is 5.45. The number of fused-ring (bicyclic) bond motifs is 1. The van der Waals surface area contributed by atoms with E-state index in [0.29, 0.717) is 4.96 Å². The lowest BCUT2D eigenvalue weighted by Gasteiger charge is -2.03. The van der Waals surface area contributed by atoms with Crippen molar-refractivity contribution in [1.82, 2.24) is 9.38 Å². The van der Waals surface area contributed by atoms with Crippen LogP contribution in [-0.4, -0.2) is 15.3 Å². The monoisotopic (exact) mass is 293 g/mol. The number of nitrogens with zero attached hydrogens (tertiary/aromatic N) is 2. The fourth-order valence-electron chi connectivity index (χ4n) is 1.79. The molecule has 0 bridgehead atoms. The van der Waals surface area contributed by atoms with Gasteiger partial charge in [-0.25, -0.2) is 13.8 Å². The smallest absolute Gasteiger partial charge is 0.275 e. The molecule has 0 fully saturated rings. The number of nitrogens with one attached hydrogen (secondary N) is 1. The molecule has 0 saturated heterocycles. The van der Waals surface area contributed by atoms with Gasteiger partial charge in [-0.15, -0.1) is 11.3 Å². The summed E-state index contributed by atoms with van der Waals surface area (Å²) in [5.74, 6) is -2.44. The average molecular weight is 293 g/mol. The van der Waals surface area contributed by atoms with Crippen LogP contribution >= 0.6 is 11.3 Å². The predicted molar refractivity (Wildman–Crippen MR) is 72.1 cm³/mol. The van der Waals surface area contributed by atoms with Crippen LogP contribution in [0, 0.1) is 18.6 Å². The van der Waals surface area contributed by atoms with E-state index in [0.717, 1.165) is 17.0 Å². The van der Waals surface area contributed by atoms with Crippen LogP contribution in [0.25, 0.3) is 4.96 Å². The quantitative estimate of drug-likeness (QED) is 0.788. The van der Waals surface area contributed by atoms with Crippen LogP contribution < -0.4 is 5.32 Å². The number of imidazole rings is 1. The highest BCUT2D eigenvalue weighted by atomic mass is 32.1. The summed E-state index contributed by atoms with van der Waals surface area (Å²) >= 11 is 1.46. The van der Waals surface area contributed by atoms with Crippen LogP contribution in [0.4, 0.5) is 14.5 Å². The van der Waals surface area contributed by atoms with Crippen LogP contribution in [-0.2, 0) is 0 Å². The molecule has 0 atom stereocenters. The maximum Gasteiger partial charge on any atom is 0.275 e. The Bertz CT molecular complexity index is 778. The Morgan fingerprint density at radius 2 is 2.10 bits per heavy atom. The standard InChI is InChI=1S/C13H9F2N3OS/c1-7-5-18-6-11(17-13(18)20-7)12(19)16-8-2-3-9(14)10(15)4-8/h2-6H,1H3,(H,16,19). The third-order valence-corrected chi connectivity index (χ3v) is 3.59. The molecule has 0 aliphatic rings. The van der Waals surface area contributed by atoms with E-state index in [-0.39, 0.29) is 11.4 Å². The Balaban J connectivity index is 1.84. The van der Waals surface area contributed by atoms with Crippen molar-refractivity contribution in [2.24, 2.45) is 0 Å². The highest BCUT2D eigenvalue weighted by Crippen LogP contribution is 2.18. The van der Waals surface area contributed by atoms with Crippen molar-refractivity contribution in [2.75, 3.05) is 5.32 Å². The number of amides is 1. The van der Waals surface area contributed by atoms with Crippen LogP contribution in [0.5, 0.6) is 0 Å². The maximum absolute atomic E-state index is 13.0. The molecule has 3 rings (SSSR count). The van der Waals surface area contributed by atoms with E-state index < -0.39 is 17.5 Å². The van der Waals surface area contributed by atoms with Crippen molar-refractivity contribution in [2.45, 2.75) is 6.92 Å². The van der Waals surface area contributed by atoms with Gasteiger partial charge in [-0.05, 0) is 19.1 Å². The fraction of sp³-hybridized carbons (Fsp3) is 0.0769. The SMILES string of the molecule is Cc1cn2cc(C(=O)Nc3ccc(F)c(F)c3)nc2s1. The normalized spacial score (nSPS) is 10.9. The summed E-state index contributed by atoms with van der Waals surface area (Å²) in [5.41, 5.74) is 0.405. The van der Waals surface area contributed by atoms with E-state index in [2.05, 4.69) is 10.3 Å². The summed E-state index contributed by atoms with van der Waals surface area (Å²) in [4.78, 5) is 17.9. The highest BCUT2D eigenvalue weighted by molar-refractivity contribution is 7.17. The lowest BCUT2D eigenvalue weighted by molar-refractivity contribution is 0.102. The summed E-state index contributed by atoms with van der Waals surface area (Å²) in [6.07, 6.45) is 3.45. The number of carbonyl (C=O) groups excluding carboxylic acids is 1. The molecule has 4 nitrogen and oxygen atoms in total. The highest BCUT2D eigenvalue weighted by Gasteiger charge is 2.13. The van der Waals surface area contributed by atoms with Gasteiger partial charge in [0.25, 0.3) is 5.91 Å². The molecule has 1 amide bonds. The largest absolute Gasteiger partial charge is 0.320 e. The minimum Gasteiger partial charge on any atom is -0.320 e. The van der Waals surface area contributed by atoms with Gasteiger partial charge in [0, 0.05) is 29.0 Å². The maximum atomic E-state index is 13.0. The molecule has 0 spiro atoms. The number of carbonyl (C=O) groups is 1. The van der Waals surface area contributed by atoms with Crippen LogP contribution in [0.2, 0.25) is 0 Å². The Kier molecular flexibility index (Phi) is 2.98. The number of rotatable bonds is 2. The molecule has 0 aliphatic heterocycles. The van der Waals surface area contributed by atoms with E-state index in [1.54, 1.807) is 10.6 Å². The molecule has 7 heteroatoms. The molecule has 1 N–H and O–H groups in total. The zero-order valence-corrected chi connectivity index (χ0v) is 11.2. The average Bonchev–Trinajstić information content (AvgIpc) is 2.91. The summed E-state index contributed by atoms with van der Waals surface area (Å²) in [7, 11) is 0. The summed E-state index contributed by atoms with van der Waals surface area (Å²) in [6.45, 7) is 1.94. The van der Waals surface area contributed by atoms with Gasteiger partial charge in [-0.2, -0.15) is 0 Å². The summed E-state index contributed by atoms with van der Waals surface area (Å²) in [5, 5.41) is 2.47. The topological polar surface area (TPSA) is 46.4 Å². The van der Waals surface area contributed by atoms with Crippen molar-refractivity contribution in [3.63, 3.8) is 0 Å². The number of aryl methyl sites for hydroxylation is 1. The molecule has 3 aromatic rings. The number of hydrogen-bond donors (Lipinski definition) is 1. The van der Waals surface area contributed by atoms with Gasteiger partial charge in [0.2, 0.25) is 0 Å². The van der Waals surface area contributed by atoms with Crippen molar-refractivity contribution in [3.8, 4) is 0 Å². The number of hydrogen-bond acceptors (Lipinski definition) is 3. The van der Waals surface area contributed by atoms with Crippen molar-refractivity contribution < 1.29 is 13.6 Å². The molecule has 0 unspecified atom stereocenters. The molecule has 2 heterocycles. The van der Waals surface area contributed by atoms with Gasteiger partial charge < -0.3 is 5.32 Å². The van der Waals surface area contributed by atoms with Gasteiger partial charge >= 0.3 is 0 Å². The molecule has 0 saturated carbocycles. The predicted octanol–water partition coefficient (Wildman–Crippen LogP) is 3.23. The minimum absolute atomic E-state index is 0.182. The van der Waals surface area contributed by atoms with Gasteiger partial charge in [0.1, 0.15) is 5.69 Å². The first-order valence-electron chi connectivity index (χ1n) is 5.74. The molecule has 20 heavy (non-hydrogen) atoms. The molecule has 1 aromatic carbocycles. The van der Waals surface area contributed by atoms with E-state index in [9.17, 15) is 13.6 Å². The Morgan fingerprint density at radius 3 is 2.80 bits per heavy atom. The lowest BCUT2D eigenvalue weighted by atomic mass is 10.3. The fourth-order valence-corrected chi connectivity index (χ4v) is 2.60. The molecular formula is C13H9F2N3OS. The number of thiazole rings is 1. The number of halogens is 2. The summed E-state index contributed by atoms with van der Waals surface area (Å²) < 4.78 is 27.6. The van der Waals surface area contributed by atoms with Gasteiger partial charge in [-0.3, -0.25) is 9.20 Å².